The summed E-state index contributed by atoms with van der Waals surface area (Å²) in [7, 11) is 1.70. The summed E-state index contributed by atoms with van der Waals surface area (Å²) in [6, 6.07) is -0.168. The summed E-state index contributed by atoms with van der Waals surface area (Å²) in [5.74, 6) is -0.118. The first-order valence-corrected chi connectivity index (χ1v) is 5.55. The minimum Gasteiger partial charge on any atom is -0.390 e. The number of aliphatic hydroxyl groups is 1. The molecule has 2 aliphatic rings. The van der Waals surface area contributed by atoms with Crippen molar-refractivity contribution < 1.29 is 19.4 Å². The molecule has 0 spiro atoms. The van der Waals surface area contributed by atoms with Crippen LogP contribution in [-0.4, -0.2) is 74.1 Å². The molecule has 92 valence electrons. The van der Waals surface area contributed by atoms with Gasteiger partial charge in [0.1, 0.15) is 0 Å². The largest absolute Gasteiger partial charge is 0.390 e. The lowest BCUT2D eigenvalue weighted by Crippen LogP contribution is -2.51. The van der Waals surface area contributed by atoms with Gasteiger partial charge in [-0.3, -0.25) is 4.79 Å². The van der Waals surface area contributed by atoms with Crippen LogP contribution in [0.1, 0.15) is 0 Å². The Bertz CT molecular complexity index is 255. The van der Waals surface area contributed by atoms with Crippen LogP contribution in [-0.2, 0) is 14.3 Å². The molecule has 0 radical (unpaired) electrons. The number of amides is 1. The van der Waals surface area contributed by atoms with Crippen LogP contribution in [0.25, 0.3) is 0 Å². The van der Waals surface area contributed by atoms with Crippen LogP contribution in [0.3, 0.4) is 0 Å². The molecule has 6 heteroatoms. The highest BCUT2D eigenvalue weighted by Gasteiger charge is 2.35. The zero-order chi connectivity index (χ0) is 11.5. The Hall–Kier alpha value is -0.690. The maximum atomic E-state index is 12.0. The summed E-state index contributed by atoms with van der Waals surface area (Å²) < 4.78 is 10.5. The number of β-amino-alcohol motifs (C(OH)–C–C–N with tert-alkyl or cyclic N) is 1. The molecule has 2 N–H and O–H groups in total. The second-order valence-corrected chi connectivity index (χ2v) is 4.18. The maximum absolute atomic E-state index is 12.0. The molecule has 0 aromatic carbocycles. The number of hydrogen-bond acceptors (Lipinski definition) is 5. The van der Waals surface area contributed by atoms with Gasteiger partial charge in [-0.1, -0.05) is 0 Å². The van der Waals surface area contributed by atoms with Crippen LogP contribution in [0, 0.1) is 0 Å². The van der Waals surface area contributed by atoms with E-state index in [1.54, 1.807) is 11.9 Å². The normalized spacial score (nSPS) is 35.0. The Kier molecular flexibility index (Phi) is 3.75. The van der Waals surface area contributed by atoms with E-state index in [4.69, 9.17) is 9.47 Å². The van der Waals surface area contributed by atoms with Crippen molar-refractivity contribution in [3.63, 3.8) is 0 Å². The number of ether oxygens (including phenoxy) is 2. The van der Waals surface area contributed by atoms with Gasteiger partial charge in [0.05, 0.1) is 32.0 Å². The van der Waals surface area contributed by atoms with Crippen LogP contribution in [0.5, 0.6) is 0 Å². The summed E-state index contributed by atoms with van der Waals surface area (Å²) in [6.45, 7) is 2.46. The molecular weight excluding hydrogens is 212 g/mol. The first-order valence-electron chi connectivity index (χ1n) is 5.55. The fourth-order valence-electron chi connectivity index (χ4n) is 2.07. The van der Waals surface area contributed by atoms with E-state index in [0.29, 0.717) is 32.9 Å². The molecule has 1 unspecified atom stereocenters. The summed E-state index contributed by atoms with van der Waals surface area (Å²) in [6.07, 6.45) is -1.02. The number of nitrogens with one attached hydrogen (secondary N) is 1. The summed E-state index contributed by atoms with van der Waals surface area (Å²) in [5, 5.41) is 12.7. The molecule has 0 aromatic rings. The predicted octanol–water partition coefficient (Wildman–Crippen LogP) is -1.81. The highest BCUT2D eigenvalue weighted by Crippen LogP contribution is 2.11. The van der Waals surface area contributed by atoms with Crippen molar-refractivity contribution in [2.24, 2.45) is 0 Å². The number of carbonyl (C=O) groups excluding carboxylic acids is 1. The molecule has 1 amide bonds. The standard InChI is InChI=1S/C10H18N2O4/c1-12(7-4-11-5-8(7)13)10(14)9-6-15-2-3-16-9/h7-9,11,13H,2-6H2,1H3/t7-,8-,9?/m0/s1. The Labute approximate surface area is 94.5 Å². The summed E-state index contributed by atoms with van der Waals surface area (Å²) in [5.41, 5.74) is 0. The van der Waals surface area contributed by atoms with Gasteiger partial charge >= 0.3 is 0 Å². The van der Waals surface area contributed by atoms with Crippen molar-refractivity contribution in [3.8, 4) is 0 Å². The van der Waals surface area contributed by atoms with Gasteiger partial charge in [-0.15, -0.1) is 0 Å². The van der Waals surface area contributed by atoms with Gasteiger partial charge < -0.3 is 24.8 Å². The number of likely N-dealkylation sites (N-methyl/N-ethyl adjacent to an activating group) is 1. The first-order chi connectivity index (χ1) is 7.70. The smallest absolute Gasteiger partial charge is 0.254 e. The molecule has 6 nitrogen and oxygen atoms in total. The summed E-state index contributed by atoms with van der Waals surface area (Å²) in [4.78, 5) is 13.6. The van der Waals surface area contributed by atoms with Gasteiger partial charge in [0.15, 0.2) is 6.10 Å². The third-order valence-corrected chi connectivity index (χ3v) is 3.09. The number of rotatable bonds is 2. The molecular formula is C10H18N2O4. The Morgan fingerprint density at radius 3 is 2.81 bits per heavy atom. The highest BCUT2D eigenvalue weighted by molar-refractivity contribution is 5.81. The fraction of sp³-hybridized carbons (Fsp3) is 0.900. The fourth-order valence-corrected chi connectivity index (χ4v) is 2.07. The van der Waals surface area contributed by atoms with Gasteiger partial charge in [0.25, 0.3) is 5.91 Å². The van der Waals surface area contributed by atoms with Crippen LogP contribution in [0.15, 0.2) is 0 Å². The van der Waals surface area contributed by atoms with E-state index in [2.05, 4.69) is 5.32 Å². The molecule has 0 bridgehead atoms. The van der Waals surface area contributed by atoms with E-state index in [-0.39, 0.29) is 11.9 Å². The topological polar surface area (TPSA) is 71.0 Å². The van der Waals surface area contributed by atoms with E-state index in [9.17, 15) is 9.90 Å². The van der Waals surface area contributed by atoms with Crippen molar-refractivity contribution >= 4 is 5.91 Å². The Balaban J connectivity index is 1.92. The van der Waals surface area contributed by atoms with Gasteiger partial charge in [-0.25, -0.2) is 0 Å². The quantitative estimate of drug-likeness (QED) is 0.585. The van der Waals surface area contributed by atoms with Gasteiger partial charge in [0, 0.05) is 20.1 Å². The van der Waals surface area contributed by atoms with Crippen molar-refractivity contribution in [1.29, 1.82) is 0 Å². The van der Waals surface area contributed by atoms with E-state index in [1.807, 2.05) is 0 Å². The molecule has 16 heavy (non-hydrogen) atoms. The Morgan fingerprint density at radius 1 is 1.44 bits per heavy atom. The average Bonchev–Trinajstić information content (AvgIpc) is 2.75. The van der Waals surface area contributed by atoms with Gasteiger partial charge in [-0.05, 0) is 0 Å². The molecule has 2 fully saturated rings. The average molecular weight is 230 g/mol. The predicted molar refractivity (Wildman–Crippen MR) is 56.0 cm³/mol. The van der Waals surface area contributed by atoms with E-state index >= 15 is 0 Å². The zero-order valence-electron chi connectivity index (χ0n) is 9.39. The van der Waals surface area contributed by atoms with Crippen LogP contribution in [0.4, 0.5) is 0 Å². The Morgan fingerprint density at radius 2 is 2.25 bits per heavy atom. The highest BCUT2D eigenvalue weighted by atomic mass is 16.6. The number of nitrogens with zero attached hydrogens (tertiary/aromatic N) is 1. The lowest BCUT2D eigenvalue weighted by molar-refractivity contribution is -0.159. The van der Waals surface area contributed by atoms with E-state index < -0.39 is 12.2 Å². The third-order valence-electron chi connectivity index (χ3n) is 3.09. The molecule has 2 saturated heterocycles. The van der Waals surface area contributed by atoms with Gasteiger partial charge in [0.2, 0.25) is 0 Å². The molecule has 0 saturated carbocycles. The first kappa shape index (κ1) is 11.8. The third kappa shape index (κ3) is 2.35. The van der Waals surface area contributed by atoms with Crippen LogP contribution >= 0.6 is 0 Å². The van der Waals surface area contributed by atoms with Crippen LogP contribution < -0.4 is 5.32 Å². The number of hydrogen-bond donors (Lipinski definition) is 2. The maximum Gasteiger partial charge on any atom is 0.254 e. The van der Waals surface area contributed by atoms with Gasteiger partial charge in [-0.2, -0.15) is 0 Å². The lowest BCUT2D eigenvalue weighted by atomic mass is 10.1. The number of carbonyl (C=O) groups is 1. The van der Waals surface area contributed by atoms with Crippen LogP contribution in [0.2, 0.25) is 0 Å². The second-order valence-electron chi connectivity index (χ2n) is 4.18. The zero-order valence-corrected chi connectivity index (χ0v) is 9.39. The molecule has 0 aromatic heterocycles. The molecule has 0 aliphatic carbocycles. The van der Waals surface area contributed by atoms with E-state index in [1.165, 1.54) is 0 Å². The number of aliphatic hydroxyl groups excluding tert-OH is 1. The monoisotopic (exact) mass is 230 g/mol. The van der Waals surface area contributed by atoms with Crippen molar-refractivity contribution in [2.75, 3.05) is 40.0 Å². The van der Waals surface area contributed by atoms with Crippen molar-refractivity contribution in [2.45, 2.75) is 18.2 Å². The van der Waals surface area contributed by atoms with E-state index in [0.717, 1.165) is 0 Å². The molecule has 2 aliphatic heterocycles. The second kappa shape index (κ2) is 5.09. The van der Waals surface area contributed by atoms with Crippen molar-refractivity contribution in [3.05, 3.63) is 0 Å². The summed E-state index contributed by atoms with van der Waals surface area (Å²) >= 11 is 0. The lowest BCUT2D eigenvalue weighted by Gasteiger charge is -2.31. The SMILES string of the molecule is CN(C(=O)C1COCCO1)[C@H]1CNC[C@@H]1O. The minimum absolute atomic E-state index is 0.118. The van der Waals surface area contributed by atoms with Crippen molar-refractivity contribution in [1.82, 2.24) is 10.2 Å². The molecule has 2 heterocycles. The molecule has 2 rings (SSSR count). The minimum atomic E-state index is -0.522. The molecule has 3 atom stereocenters.